The molecule has 0 amide bonds. The number of rotatable bonds is 9. The van der Waals surface area contributed by atoms with Crippen molar-refractivity contribution in [3.05, 3.63) is 48.7 Å². The van der Waals surface area contributed by atoms with Crippen molar-refractivity contribution in [2.45, 2.75) is 51.4 Å². The van der Waals surface area contributed by atoms with Crippen LogP contribution in [-0.4, -0.2) is 53.3 Å². The van der Waals surface area contributed by atoms with Crippen molar-refractivity contribution in [2.75, 3.05) is 20.2 Å². The number of pyridine rings is 1. The Morgan fingerprint density at radius 3 is 2.81 bits per heavy atom. The molecular formula is C26H34N2O4. The molecule has 3 saturated heterocycles. The van der Waals surface area contributed by atoms with Gasteiger partial charge in [-0.3, -0.25) is 9.88 Å². The molecular weight excluding hydrogens is 404 g/mol. The van der Waals surface area contributed by atoms with Crippen LogP contribution < -0.4 is 4.74 Å². The molecule has 1 aromatic carbocycles. The minimum absolute atomic E-state index is 0.121. The van der Waals surface area contributed by atoms with Crippen molar-refractivity contribution < 1.29 is 19.4 Å². The summed E-state index contributed by atoms with van der Waals surface area (Å²) in [6.45, 7) is 10.1. The summed E-state index contributed by atoms with van der Waals surface area (Å²) in [6.07, 6.45) is 5.26. The highest BCUT2D eigenvalue weighted by molar-refractivity contribution is 5.84. The van der Waals surface area contributed by atoms with Crippen molar-refractivity contribution >= 4 is 16.9 Å². The maximum absolute atomic E-state index is 12.1. The summed E-state index contributed by atoms with van der Waals surface area (Å²) in [5.41, 5.74) is 1.84. The van der Waals surface area contributed by atoms with Gasteiger partial charge in [0.1, 0.15) is 5.75 Å². The number of carbonyl (C=O) groups is 1. The summed E-state index contributed by atoms with van der Waals surface area (Å²) >= 11 is 0. The van der Waals surface area contributed by atoms with Crippen LogP contribution in [0.15, 0.2) is 43.1 Å². The van der Waals surface area contributed by atoms with Gasteiger partial charge >= 0.3 is 5.97 Å². The number of aliphatic carboxylic acids is 1. The number of carboxylic acids is 1. The molecule has 0 saturated carbocycles. The first-order valence-corrected chi connectivity index (χ1v) is 11.6. The first kappa shape index (κ1) is 22.7. The molecule has 6 atom stereocenters. The van der Waals surface area contributed by atoms with E-state index in [1.807, 2.05) is 38.1 Å². The van der Waals surface area contributed by atoms with E-state index in [9.17, 15) is 9.90 Å². The molecule has 4 heterocycles. The highest BCUT2D eigenvalue weighted by atomic mass is 16.5. The second kappa shape index (κ2) is 9.59. The summed E-state index contributed by atoms with van der Waals surface area (Å²) < 4.78 is 12.0. The van der Waals surface area contributed by atoms with E-state index in [2.05, 4.69) is 22.5 Å². The van der Waals surface area contributed by atoms with E-state index in [-0.39, 0.29) is 18.1 Å². The van der Waals surface area contributed by atoms with Gasteiger partial charge in [-0.1, -0.05) is 19.9 Å². The Bertz CT molecular complexity index is 975. The van der Waals surface area contributed by atoms with E-state index >= 15 is 0 Å². The Morgan fingerprint density at radius 1 is 1.38 bits per heavy atom. The second-order valence-electron chi connectivity index (χ2n) is 9.54. The number of piperidine rings is 3. The van der Waals surface area contributed by atoms with Crippen molar-refractivity contribution in [2.24, 2.45) is 17.8 Å². The Balaban J connectivity index is 1.77. The number of methoxy groups -OCH3 is 1. The topological polar surface area (TPSA) is 71.9 Å². The van der Waals surface area contributed by atoms with Gasteiger partial charge in [0.25, 0.3) is 0 Å². The molecule has 5 rings (SSSR count). The standard InChI is InChI=1S/C26H34N2O4/c1-5-17-15-28-11-9-18(17)13-23(28)25(32-24(26(29)30)12-16(2)3)20-8-10-27-22-7-6-19(31-4)14-21(20)22/h5-8,10,14,16-18,23-25H,1,9,11-13,15H2,2-4H3,(H,29,30)/t17?,18?,23?,24?,25-/m0/s1. The van der Waals surface area contributed by atoms with E-state index in [1.165, 1.54) is 0 Å². The van der Waals surface area contributed by atoms with Gasteiger partial charge in [0, 0.05) is 24.2 Å². The molecule has 0 aliphatic carbocycles. The molecule has 172 valence electrons. The van der Waals surface area contributed by atoms with E-state index in [1.54, 1.807) is 13.3 Å². The third kappa shape index (κ3) is 4.52. The number of benzene rings is 1. The maximum Gasteiger partial charge on any atom is 0.332 e. The Hall–Kier alpha value is -2.44. The van der Waals surface area contributed by atoms with Crippen LogP contribution in [0.25, 0.3) is 10.9 Å². The molecule has 2 aromatic rings. The number of hydrogen-bond donors (Lipinski definition) is 1. The predicted octanol–water partition coefficient (Wildman–Crippen LogP) is 4.70. The second-order valence-corrected chi connectivity index (χ2v) is 9.54. The first-order valence-electron chi connectivity index (χ1n) is 11.6. The fourth-order valence-corrected chi connectivity index (χ4v) is 5.40. The molecule has 1 aromatic heterocycles. The van der Waals surface area contributed by atoms with Gasteiger partial charge in [-0.05, 0) is 73.4 Å². The lowest BCUT2D eigenvalue weighted by molar-refractivity contribution is -0.163. The summed E-state index contributed by atoms with van der Waals surface area (Å²) in [4.78, 5) is 19.1. The van der Waals surface area contributed by atoms with Gasteiger partial charge in [-0.15, -0.1) is 6.58 Å². The largest absolute Gasteiger partial charge is 0.497 e. The molecule has 0 radical (unpaired) electrons. The van der Waals surface area contributed by atoms with Gasteiger partial charge in [0.05, 0.1) is 18.7 Å². The number of aromatic nitrogens is 1. The first-order chi connectivity index (χ1) is 15.4. The van der Waals surface area contributed by atoms with Gasteiger partial charge in [0.2, 0.25) is 0 Å². The summed E-state index contributed by atoms with van der Waals surface area (Å²) in [7, 11) is 1.65. The van der Waals surface area contributed by atoms with E-state index in [0.717, 1.165) is 48.1 Å². The molecule has 5 unspecified atom stereocenters. The lowest BCUT2D eigenvalue weighted by atomic mass is 9.73. The molecule has 0 spiro atoms. The number of fused-ring (bicyclic) bond motifs is 4. The number of carboxylic acid groups (broad SMARTS) is 1. The third-order valence-corrected chi connectivity index (χ3v) is 7.06. The van der Waals surface area contributed by atoms with Crippen molar-refractivity contribution in [3.63, 3.8) is 0 Å². The van der Waals surface area contributed by atoms with E-state index in [0.29, 0.717) is 18.3 Å². The minimum Gasteiger partial charge on any atom is -0.497 e. The van der Waals surface area contributed by atoms with Crippen molar-refractivity contribution in [3.8, 4) is 5.75 Å². The monoisotopic (exact) mass is 438 g/mol. The molecule has 6 heteroatoms. The minimum atomic E-state index is -0.903. The fraction of sp³-hybridized carbons (Fsp3) is 0.538. The molecule has 32 heavy (non-hydrogen) atoms. The molecule has 3 aliphatic heterocycles. The lowest BCUT2D eigenvalue weighted by Gasteiger charge is -2.51. The van der Waals surface area contributed by atoms with Crippen LogP contribution in [0.3, 0.4) is 0 Å². The van der Waals surface area contributed by atoms with Crippen LogP contribution >= 0.6 is 0 Å². The number of nitrogens with zero attached hydrogens (tertiary/aromatic N) is 2. The molecule has 1 N–H and O–H groups in total. The van der Waals surface area contributed by atoms with Crippen LogP contribution in [-0.2, 0) is 9.53 Å². The summed E-state index contributed by atoms with van der Waals surface area (Å²) in [6, 6.07) is 7.92. The average Bonchev–Trinajstić information content (AvgIpc) is 2.80. The Labute approximate surface area is 190 Å². The van der Waals surface area contributed by atoms with Gasteiger partial charge < -0.3 is 14.6 Å². The fourth-order valence-electron chi connectivity index (χ4n) is 5.40. The zero-order chi connectivity index (χ0) is 22.8. The predicted molar refractivity (Wildman–Crippen MR) is 125 cm³/mol. The molecule has 6 nitrogen and oxygen atoms in total. The summed E-state index contributed by atoms with van der Waals surface area (Å²) in [5.74, 6) is 1.11. The van der Waals surface area contributed by atoms with E-state index < -0.39 is 12.1 Å². The van der Waals surface area contributed by atoms with Crippen LogP contribution in [0.5, 0.6) is 5.75 Å². The Morgan fingerprint density at radius 2 is 2.19 bits per heavy atom. The molecule has 2 bridgehead atoms. The average molecular weight is 439 g/mol. The van der Waals surface area contributed by atoms with Crippen molar-refractivity contribution in [1.29, 1.82) is 0 Å². The van der Waals surface area contributed by atoms with Crippen LogP contribution in [0.4, 0.5) is 0 Å². The van der Waals surface area contributed by atoms with Gasteiger partial charge in [-0.2, -0.15) is 0 Å². The number of hydrogen-bond acceptors (Lipinski definition) is 5. The Kier molecular flexibility index (Phi) is 6.82. The number of ether oxygens (including phenoxy) is 2. The normalized spacial score (nSPS) is 26.8. The van der Waals surface area contributed by atoms with Crippen LogP contribution in [0.1, 0.15) is 44.8 Å². The third-order valence-electron chi connectivity index (χ3n) is 7.06. The lowest BCUT2D eigenvalue weighted by Crippen LogP contribution is -2.55. The van der Waals surface area contributed by atoms with Crippen LogP contribution in [0, 0.1) is 17.8 Å². The van der Waals surface area contributed by atoms with Crippen molar-refractivity contribution in [1.82, 2.24) is 9.88 Å². The molecule has 3 aliphatic rings. The molecule has 3 fully saturated rings. The highest BCUT2D eigenvalue weighted by Crippen LogP contribution is 2.44. The zero-order valence-corrected chi connectivity index (χ0v) is 19.2. The SMILES string of the molecule is C=CC1CN2CCC1CC2[C@@H](OC(CC(C)C)C(=O)O)c1ccnc2ccc(OC)cc12. The van der Waals surface area contributed by atoms with E-state index in [4.69, 9.17) is 9.47 Å². The van der Waals surface area contributed by atoms with Gasteiger partial charge in [0.15, 0.2) is 6.10 Å². The van der Waals surface area contributed by atoms with Gasteiger partial charge in [-0.25, -0.2) is 4.79 Å². The highest BCUT2D eigenvalue weighted by Gasteiger charge is 2.44. The maximum atomic E-state index is 12.1. The smallest absolute Gasteiger partial charge is 0.332 e. The zero-order valence-electron chi connectivity index (χ0n) is 19.2. The quantitative estimate of drug-likeness (QED) is 0.573. The van der Waals surface area contributed by atoms with Crippen LogP contribution in [0.2, 0.25) is 0 Å². The summed E-state index contributed by atoms with van der Waals surface area (Å²) in [5, 5.41) is 10.9.